The molecule has 0 saturated carbocycles. The molecule has 0 aliphatic rings. The molecule has 1 atom stereocenters. The summed E-state index contributed by atoms with van der Waals surface area (Å²) in [5, 5.41) is 14.5. The molecule has 0 aliphatic heterocycles. The fourth-order valence-electron chi connectivity index (χ4n) is 1.54. The molecule has 19 heavy (non-hydrogen) atoms. The van der Waals surface area contributed by atoms with Gasteiger partial charge in [0.1, 0.15) is 6.61 Å². The molecule has 1 amide bonds. The van der Waals surface area contributed by atoms with Crippen molar-refractivity contribution in [1.29, 1.82) is 0 Å². The summed E-state index contributed by atoms with van der Waals surface area (Å²) in [4.78, 5) is 11.5. The first-order valence-electron chi connectivity index (χ1n) is 6.51. The van der Waals surface area contributed by atoms with Crippen LogP contribution in [0.15, 0.2) is 30.3 Å². The molecule has 0 saturated heterocycles. The van der Waals surface area contributed by atoms with E-state index < -0.39 is 6.09 Å². The van der Waals surface area contributed by atoms with Crippen molar-refractivity contribution >= 4 is 6.09 Å². The monoisotopic (exact) mass is 266 g/mol. The van der Waals surface area contributed by atoms with Gasteiger partial charge in [-0.3, -0.25) is 0 Å². The summed E-state index contributed by atoms with van der Waals surface area (Å²) in [6.07, 6.45) is 0.297. The number of benzene rings is 1. The van der Waals surface area contributed by atoms with Crippen molar-refractivity contribution in [3.05, 3.63) is 35.9 Å². The number of alkyl carbamates (subject to hydrolysis) is 1. The van der Waals surface area contributed by atoms with Crippen LogP contribution in [-0.2, 0) is 11.3 Å². The van der Waals surface area contributed by atoms with E-state index >= 15 is 0 Å². The van der Waals surface area contributed by atoms with Crippen molar-refractivity contribution in [3.8, 4) is 0 Å². The number of amides is 1. The third kappa shape index (κ3) is 7.43. The van der Waals surface area contributed by atoms with Gasteiger partial charge in [-0.05, 0) is 25.5 Å². The highest BCUT2D eigenvalue weighted by atomic mass is 16.5. The van der Waals surface area contributed by atoms with Crippen LogP contribution < -0.4 is 10.6 Å². The number of hydrogen-bond acceptors (Lipinski definition) is 4. The molecule has 0 aliphatic carbocycles. The number of carbonyl (C=O) groups is 1. The topological polar surface area (TPSA) is 70.6 Å². The molecule has 0 bridgehead atoms. The van der Waals surface area contributed by atoms with Gasteiger partial charge in [-0.2, -0.15) is 0 Å². The molecule has 0 aromatic heterocycles. The predicted octanol–water partition coefficient (Wildman–Crippen LogP) is 1.27. The van der Waals surface area contributed by atoms with Gasteiger partial charge < -0.3 is 20.5 Å². The average Bonchev–Trinajstić information content (AvgIpc) is 2.42. The minimum absolute atomic E-state index is 0.0121. The number of carbonyl (C=O) groups excluding carboxylic acids is 1. The maximum absolute atomic E-state index is 11.5. The van der Waals surface area contributed by atoms with Gasteiger partial charge in [0.15, 0.2) is 0 Å². The van der Waals surface area contributed by atoms with E-state index in [4.69, 9.17) is 9.84 Å². The zero-order chi connectivity index (χ0) is 13.9. The molecule has 0 heterocycles. The Hall–Kier alpha value is -1.59. The normalized spacial score (nSPS) is 11.9. The maximum Gasteiger partial charge on any atom is 0.407 e. The number of hydrogen-bond donors (Lipinski definition) is 3. The van der Waals surface area contributed by atoms with Gasteiger partial charge in [0.2, 0.25) is 0 Å². The van der Waals surface area contributed by atoms with Gasteiger partial charge in [0, 0.05) is 19.2 Å². The largest absolute Gasteiger partial charge is 0.445 e. The van der Waals surface area contributed by atoms with Gasteiger partial charge in [-0.15, -0.1) is 0 Å². The summed E-state index contributed by atoms with van der Waals surface area (Å²) in [6, 6.07) is 9.54. The Morgan fingerprint density at radius 2 is 2.11 bits per heavy atom. The molecule has 5 nitrogen and oxygen atoms in total. The van der Waals surface area contributed by atoms with Crippen LogP contribution in [0.25, 0.3) is 0 Å². The summed E-state index contributed by atoms with van der Waals surface area (Å²) >= 11 is 0. The molecule has 1 rings (SSSR count). The quantitative estimate of drug-likeness (QED) is 0.620. The second-order valence-electron chi connectivity index (χ2n) is 4.39. The van der Waals surface area contributed by atoms with Crippen LogP contribution in [0.2, 0.25) is 0 Å². The average molecular weight is 266 g/mol. The lowest BCUT2D eigenvalue weighted by atomic mass is 10.2. The summed E-state index contributed by atoms with van der Waals surface area (Å²) in [6.45, 7) is 3.74. The molecule has 1 aromatic carbocycles. The highest BCUT2D eigenvalue weighted by molar-refractivity contribution is 5.67. The Morgan fingerprint density at radius 3 is 2.79 bits per heavy atom. The Labute approximate surface area is 114 Å². The van der Waals surface area contributed by atoms with E-state index in [1.165, 1.54) is 0 Å². The lowest BCUT2D eigenvalue weighted by Gasteiger charge is -2.14. The second-order valence-corrected chi connectivity index (χ2v) is 4.39. The molecule has 1 aromatic rings. The molecule has 0 spiro atoms. The summed E-state index contributed by atoms with van der Waals surface area (Å²) in [5.41, 5.74) is 0.964. The number of ether oxygens (including phenoxy) is 1. The van der Waals surface area contributed by atoms with E-state index in [2.05, 4.69) is 10.6 Å². The first-order valence-corrected chi connectivity index (χ1v) is 6.51. The lowest BCUT2D eigenvalue weighted by molar-refractivity contribution is 0.136. The van der Waals surface area contributed by atoms with E-state index in [1.54, 1.807) is 0 Å². The smallest absolute Gasteiger partial charge is 0.407 e. The number of aliphatic hydroxyl groups excluding tert-OH is 1. The molecule has 5 heteroatoms. The highest BCUT2D eigenvalue weighted by Gasteiger charge is 2.07. The van der Waals surface area contributed by atoms with Crippen LogP contribution in [0.1, 0.15) is 18.9 Å². The van der Waals surface area contributed by atoms with Crippen LogP contribution in [0.4, 0.5) is 4.79 Å². The molecule has 0 fully saturated rings. The first kappa shape index (κ1) is 15.5. The second kappa shape index (κ2) is 9.35. The summed E-state index contributed by atoms with van der Waals surface area (Å²) in [5.74, 6) is 0. The fraction of sp³-hybridized carbons (Fsp3) is 0.500. The summed E-state index contributed by atoms with van der Waals surface area (Å²) in [7, 11) is 0. The third-order valence-corrected chi connectivity index (χ3v) is 2.54. The standard InChI is InChI=1S/C14H22N2O3/c1-12(10-15-8-5-9-17)16-14(18)19-11-13-6-3-2-4-7-13/h2-4,6-7,12,15,17H,5,8-11H2,1H3,(H,16,18). The first-order chi connectivity index (χ1) is 9.22. The van der Waals surface area contributed by atoms with Gasteiger partial charge in [-0.25, -0.2) is 4.79 Å². The molecule has 3 N–H and O–H groups in total. The van der Waals surface area contributed by atoms with Gasteiger partial charge in [0.25, 0.3) is 0 Å². The summed E-state index contributed by atoms with van der Waals surface area (Å²) < 4.78 is 5.11. The van der Waals surface area contributed by atoms with Crippen LogP contribution in [0.5, 0.6) is 0 Å². The molecular weight excluding hydrogens is 244 g/mol. The Morgan fingerprint density at radius 1 is 1.37 bits per heavy atom. The lowest BCUT2D eigenvalue weighted by Crippen LogP contribution is -2.40. The molecule has 0 radical (unpaired) electrons. The Bertz CT molecular complexity index is 357. The van der Waals surface area contributed by atoms with Crippen molar-refractivity contribution in [2.75, 3.05) is 19.7 Å². The van der Waals surface area contributed by atoms with Gasteiger partial charge in [0.05, 0.1) is 0 Å². The minimum atomic E-state index is -0.416. The van der Waals surface area contributed by atoms with E-state index in [-0.39, 0.29) is 19.3 Å². The Kier molecular flexibility index (Phi) is 7.62. The van der Waals surface area contributed by atoms with E-state index in [0.717, 1.165) is 12.1 Å². The van der Waals surface area contributed by atoms with Crippen LogP contribution in [0.3, 0.4) is 0 Å². The molecule has 1 unspecified atom stereocenters. The van der Waals surface area contributed by atoms with Crippen LogP contribution in [-0.4, -0.2) is 36.9 Å². The zero-order valence-electron chi connectivity index (χ0n) is 11.3. The van der Waals surface area contributed by atoms with Crippen molar-refractivity contribution < 1.29 is 14.6 Å². The number of nitrogens with one attached hydrogen (secondary N) is 2. The van der Waals surface area contributed by atoms with Crippen LogP contribution >= 0.6 is 0 Å². The molecule has 106 valence electrons. The minimum Gasteiger partial charge on any atom is -0.445 e. The Balaban J connectivity index is 2.13. The van der Waals surface area contributed by atoms with Crippen LogP contribution in [0, 0.1) is 0 Å². The van der Waals surface area contributed by atoms with Crippen molar-refractivity contribution in [1.82, 2.24) is 10.6 Å². The molecular formula is C14H22N2O3. The number of aliphatic hydroxyl groups is 1. The maximum atomic E-state index is 11.5. The fourth-order valence-corrected chi connectivity index (χ4v) is 1.54. The third-order valence-electron chi connectivity index (χ3n) is 2.54. The highest BCUT2D eigenvalue weighted by Crippen LogP contribution is 2.00. The van der Waals surface area contributed by atoms with Crippen molar-refractivity contribution in [2.45, 2.75) is 26.0 Å². The predicted molar refractivity (Wildman–Crippen MR) is 73.8 cm³/mol. The van der Waals surface area contributed by atoms with E-state index in [9.17, 15) is 4.79 Å². The SMILES string of the molecule is CC(CNCCCO)NC(=O)OCc1ccccc1. The zero-order valence-corrected chi connectivity index (χ0v) is 11.3. The van der Waals surface area contributed by atoms with Crippen molar-refractivity contribution in [3.63, 3.8) is 0 Å². The van der Waals surface area contributed by atoms with E-state index in [1.807, 2.05) is 37.3 Å². The number of rotatable bonds is 8. The van der Waals surface area contributed by atoms with E-state index in [0.29, 0.717) is 13.0 Å². The van der Waals surface area contributed by atoms with Gasteiger partial charge >= 0.3 is 6.09 Å². The van der Waals surface area contributed by atoms with Crippen molar-refractivity contribution in [2.24, 2.45) is 0 Å². The van der Waals surface area contributed by atoms with Gasteiger partial charge in [-0.1, -0.05) is 30.3 Å².